The van der Waals surface area contributed by atoms with Gasteiger partial charge in [0.05, 0.1) is 12.3 Å². The number of aromatic nitrogens is 2. The number of nitrogens with one attached hydrogen (secondary N) is 1. The predicted octanol–water partition coefficient (Wildman–Crippen LogP) is 1.73. The van der Waals surface area contributed by atoms with Crippen LogP contribution in [0.25, 0.3) is 0 Å². The van der Waals surface area contributed by atoms with Crippen LogP contribution < -0.4 is 5.32 Å². The van der Waals surface area contributed by atoms with Crippen LogP contribution in [0, 0.1) is 6.92 Å². The molecule has 0 saturated carbocycles. The van der Waals surface area contributed by atoms with Gasteiger partial charge < -0.3 is 19.2 Å². The third kappa shape index (κ3) is 4.59. The molecule has 0 aromatic carbocycles. The maximum absolute atomic E-state index is 12.2. The van der Waals surface area contributed by atoms with Crippen LogP contribution in [0.2, 0.25) is 0 Å². The number of amides is 2. The van der Waals surface area contributed by atoms with Crippen LogP contribution in [0.1, 0.15) is 17.6 Å². The van der Waals surface area contributed by atoms with Crippen LogP contribution in [-0.2, 0) is 6.54 Å². The van der Waals surface area contributed by atoms with Gasteiger partial charge in [0.25, 0.3) is 0 Å². The summed E-state index contributed by atoms with van der Waals surface area (Å²) in [7, 11) is 5.72. The molecule has 0 spiro atoms. The Hall–Kier alpha value is -2.28. The predicted molar refractivity (Wildman–Crippen MR) is 88.1 cm³/mol. The third-order valence-corrected chi connectivity index (χ3v) is 3.89. The fourth-order valence-corrected chi connectivity index (χ4v) is 2.34. The molecular formula is C16H25N5O2. The molecule has 2 aromatic heterocycles. The summed E-state index contributed by atoms with van der Waals surface area (Å²) < 4.78 is 7.47. The molecule has 2 heterocycles. The minimum absolute atomic E-state index is 0.0123. The van der Waals surface area contributed by atoms with Crippen molar-refractivity contribution in [3.05, 3.63) is 42.4 Å². The van der Waals surface area contributed by atoms with Crippen molar-refractivity contribution < 1.29 is 9.21 Å². The van der Waals surface area contributed by atoms with Crippen LogP contribution in [0.15, 0.2) is 35.2 Å². The Kier molecular flexibility index (Phi) is 5.81. The molecule has 2 rings (SSSR count). The summed E-state index contributed by atoms with van der Waals surface area (Å²) in [6.45, 7) is 3.79. The lowest BCUT2D eigenvalue weighted by molar-refractivity contribution is 0.197. The first-order chi connectivity index (χ1) is 11.0. The molecule has 126 valence electrons. The number of urea groups is 1. The fraction of sp³-hybridized carbons (Fsp3) is 0.500. The molecule has 0 unspecified atom stereocenters. The monoisotopic (exact) mass is 319 g/mol. The van der Waals surface area contributed by atoms with Gasteiger partial charge in [-0.25, -0.2) is 9.78 Å². The Morgan fingerprint density at radius 3 is 2.78 bits per heavy atom. The average Bonchev–Trinajstić information content (AvgIpc) is 3.16. The largest absolute Gasteiger partial charge is 0.468 e. The molecule has 0 aliphatic heterocycles. The minimum Gasteiger partial charge on any atom is -0.468 e. The van der Waals surface area contributed by atoms with Gasteiger partial charge in [-0.05, 0) is 33.2 Å². The van der Waals surface area contributed by atoms with Crippen LogP contribution in [-0.4, -0.2) is 59.6 Å². The van der Waals surface area contributed by atoms with Gasteiger partial charge in [-0.2, -0.15) is 0 Å². The molecule has 0 aliphatic rings. The molecule has 2 aromatic rings. The summed E-state index contributed by atoms with van der Waals surface area (Å²) in [6, 6.07) is 3.69. The van der Waals surface area contributed by atoms with Crippen molar-refractivity contribution in [1.82, 2.24) is 24.7 Å². The van der Waals surface area contributed by atoms with Crippen molar-refractivity contribution in [2.24, 2.45) is 0 Å². The molecule has 23 heavy (non-hydrogen) atoms. The second-order valence-corrected chi connectivity index (χ2v) is 5.77. The highest BCUT2D eigenvalue weighted by atomic mass is 16.3. The van der Waals surface area contributed by atoms with Crippen LogP contribution in [0.4, 0.5) is 4.79 Å². The second-order valence-electron chi connectivity index (χ2n) is 5.77. The topological polar surface area (TPSA) is 66.5 Å². The molecule has 0 radical (unpaired) electrons. The summed E-state index contributed by atoms with van der Waals surface area (Å²) in [6.07, 6.45) is 5.33. The Morgan fingerprint density at radius 2 is 2.22 bits per heavy atom. The maximum atomic E-state index is 12.2. The van der Waals surface area contributed by atoms with Crippen LogP contribution in [0.3, 0.4) is 0 Å². The molecule has 7 heteroatoms. The number of carbonyl (C=O) groups excluding carboxylic acids is 1. The quantitative estimate of drug-likeness (QED) is 0.844. The SMILES string of the molecule is Cc1nccn1CCN(C)C(=O)NC[C@H](c1ccco1)N(C)C. The van der Waals surface area contributed by atoms with E-state index in [0.717, 1.165) is 18.1 Å². The van der Waals surface area contributed by atoms with E-state index < -0.39 is 0 Å². The lowest BCUT2D eigenvalue weighted by atomic mass is 10.2. The highest BCUT2D eigenvalue weighted by molar-refractivity contribution is 5.73. The first-order valence-electron chi connectivity index (χ1n) is 7.65. The van der Waals surface area contributed by atoms with Gasteiger partial charge in [-0.1, -0.05) is 0 Å². The van der Waals surface area contributed by atoms with E-state index in [0.29, 0.717) is 13.1 Å². The number of carbonyl (C=O) groups is 1. The van der Waals surface area contributed by atoms with Gasteiger partial charge in [0, 0.05) is 39.1 Å². The summed E-state index contributed by atoms with van der Waals surface area (Å²) >= 11 is 0. The van der Waals surface area contributed by atoms with Gasteiger partial charge in [-0.3, -0.25) is 4.90 Å². The normalized spacial score (nSPS) is 12.4. The smallest absolute Gasteiger partial charge is 0.317 e. The summed E-state index contributed by atoms with van der Waals surface area (Å²) in [5.41, 5.74) is 0. The Labute approximate surface area is 136 Å². The Balaban J connectivity index is 1.82. The summed E-state index contributed by atoms with van der Waals surface area (Å²) in [4.78, 5) is 20.1. The van der Waals surface area contributed by atoms with Crippen molar-refractivity contribution in [2.75, 3.05) is 34.2 Å². The highest BCUT2D eigenvalue weighted by Gasteiger charge is 2.18. The zero-order valence-electron chi connectivity index (χ0n) is 14.2. The van der Waals surface area contributed by atoms with E-state index in [1.807, 2.05) is 48.8 Å². The summed E-state index contributed by atoms with van der Waals surface area (Å²) in [5, 5.41) is 2.96. The Bertz CT molecular complexity index is 606. The molecule has 0 bridgehead atoms. The van der Waals surface area contributed by atoms with Crippen molar-refractivity contribution in [3.8, 4) is 0 Å². The maximum Gasteiger partial charge on any atom is 0.317 e. The number of aryl methyl sites for hydroxylation is 1. The van der Waals surface area contributed by atoms with E-state index in [9.17, 15) is 4.79 Å². The van der Waals surface area contributed by atoms with Crippen molar-refractivity contribution >= 4 is 6.03 Å². The number of likely N-dealkylation sites (N-methyl/N-ethyl adjacent to an activating group) is 2. The lowest BCUT2D eigenvalue weighted by Gasteiger charge is -2.24. The zero-order chi connectivity index (χ0) is 16.8. The zero-order valence-corrected chi connectivity index (χ0v) is 14.2. The number of rotatable bonds is 7. The van der Waals surface area contributed by atoms with Gasteiger partial charge in [0.2, 0.25) is 0 Å². The van der Waals surface area contributed by atoms with Crippen LogP contribution in [0.5, 0.6) is 0 Å². The number of furan rings is 1. The molecule has 0 saturated heterocycles. The second kappa shape index (κ2) is 7.82. The molecule has 0 aliphatic carbocycles. The minimum atomic E-state index is -0.0961. The standard InChI is InChI=1S/C16H25N5O2/c1-13-17-7-8-21(13)10-9-20(4)16(22)18-12-14(19(2)3)15-6-5-11-23-15/h5-8,11,14H,9-10,12H2,1-4H3,(H,18,22)/t14-/m1/s1. The van der Waals surface area contributed by atoms with E-state index in [2.05, 4.69) is 10.3 Å². The number of hydrogen-bond donors (Lipinski definition) is 1. The van der Waals surface area contributed by atoms with E-state index >= 15 is 0 Å². The number of nitrogens with zero attached hydrogens (tertiary/aromatic N) is 4. The Morgan fingerprint density at radius 1 is 1.43 bits per heavy atom. The molecule has 2 amide bonds. The molecule has 7 nitrogen and oxygen atoms in total. The lowest BCUT2D eigenvalue weighted by Crippen LogP contribution is -2.42. The molecule has 1 atom stereocenters. The molecule has 1 N–H and O–H groups in total. The van der Waals surface area contributed by atoms with E-state index in [1.165, 1.54) is 0 Å². The van der Waals surface area contributed by atoms with E-state index in [-0.39, 0.29) is 12.1 Å². The average molecular weight is 319 g/mol. The summed E-state index contributed by atoms with van der Waals surface area (Å²) in [5.74, 6) is 1.79. The number of hydrogen-bond acceptors (Lipinski definition) is 4. The number of imidazole rings is 1. The van der Waals surface area contributed by atoms with E-state index in [4.69, 9.17) is 4.42 Å². The first kappa shape index (κ1) is 17.1. The van der Waals surface area contributed by atoms with Gasteiger partial charge in [-0.15, -0.1) is 0 Å². The van der Waals surface area contributed by atoms with Crippen molar-refractivity contribution in [3.63, 3.8) is 0 Å². The molecular weight excluding hydrogens is 294 g/mol. The van der Waals surface area contributed by atoms with Crippen LogP contribution >= 0.6 is 0 Å². The van der Waals surface area contributed by atoms with Gasteiger partial charge in [0.1, 0.15) is 11.6 Å². The van der Waals surface area contributed by atoms with E-state index in [1.54, 1.807) is 24.4 Å². The van der Waals surface area contributed by atoms with Gasteiger partial charge >= 0.3 is 6.03 Å². The first-order valence-corrected chi connectivity index (χ1v) is 7.65. The van der Waals surface area contributed by atoms with Crippen molar-refractivity contribution in [1.29, 1.82) is 0 Å². The van der Waals surface area contributed by atoms with Crippen molar-refractivity contribution in [2.45, 2.75) is 19.5 Å². The fourth-order valence-electron chi connectivity index (χ4n) is 2.34. The third-order valence-electron chi connectivity index (χ3n) is 3.89. The highest BCUT2D eigenvalue weighted by Crippen LogP contribution is 2.17. The van der Waals surface area contributed by atoms with Gasteiger partial charge in [0.15, 0.2) is 0 Å². The molecule has 0 fully saturated rings.